The van der Waals surface area contributed by atoms with Crippen LogP contribution in [0.15, 0.2) is 29.6 Å². The van der Waals surface area contributed by atoms with Crippen LogP contribution in [0.1, 0.15) is 40.8 Å². The summed E-state index contributed by atoms with van der Waals surface area (Å²) in [6.45, 7) is 5.65. The highest BCUT2D eigenvalue weighted by atomic mass is 32.1. The third-order valence-electron chi connectivity index (χ3n) is 4.46. The molecule has 1 fully saturated rings. The molecular formula is C20H24N2O4S. The van der Waals surface area contributed by atoms with Gasteiger partial charge in [0.2, 0.25) is 0 Å². The van der Waals surface area contributed by atoms with Crippen LogP contribution in [-0.2, 0) is 16.1 Å². The van der Waals surface area contributed by atoms with Crippen LogP contribution in [0.4, 0.5) is 0 Å². The molecule has 2 heterocycles. The Morgan fingerprint density at radius 2 is 2.22 bits per heavy atom. The van der Waals surface area contributed by atoms with E-state index in [0.29, 0.717) is 23.8 Å². The van der Waals surface area contributed by atoms with Gasteiger partial charge in [-0.1, -0.05) is 13.0 Å². The molecule has 1 aliphatic rings. The van der Waals surface area contributed by atoms with Crippen molar-refractivity contribution in [3.8, 4) is 5.75 Å². The van der Waals surface area contributed by atoms with Crippen LogP contribution >= 0.6 is 11.3 Å². The molecule has 0 spiro atoms. The Morgan fingerprint density at radius 3 is 2.96 bits per heavy atom. The molecule has 1 unspecified atom stereocenters. The molecule has 1 aromatic carbocycles. The van der Waals surface area contributed by atoms with E-state index in [9.17, 15) is 9.59 Å². The minimum absolute atomic E-state index is 0.138. The van der Waals surface area contributed by atoms with Gasteiger partial charge in [0, 0.05) is 18.5 Å². The van der Waals surface area contributed by atoms with Crippen LogP contribution < -0.4 is 4.74 Å². The molecule has 0 aliphatic carbocycles. The van der Waals surface area contributed by atoms with Crippen LogP contribution in [-0.4, -0.2) is 41.5 Å². The average Bonchev–Trinajstić information content (AvgIpc) is 3.09. The number of likely N-dealkylation sites (tertiary alicyclic amines) is 1. The predicted octanol–water partition coefficient (Wildman–Crippen LogP) is 3.45. The van der Waals surface area contributed by atoms with Crippen molar-refractivity contribution >= 4 is 23.2 Å². The highest BCUT2D eigenvalue weighted by molar-refractivity contribution is 7.09. The van der Waals surface area contributed by atoms with Gasteiger partial charge in [0.25, 0.3) is 5.91 Å². The number of hydrogen-bond donors (Lipinski definition) is 0. The van der Waals surface area contributed by atoms with Crippen molar-refractivity contribution < 1.29 is 19.1 Å². The quantitative estimate of drug-likeness (QED) is 0.709. The van der Waals surface area contributed by atoms with Crippen molar-refractivity contribution in [3.05, 3.63) is 45.9 Å². The fourth-order valence-corrected chi connectivity index (χ4v) is 3.66. The van der Waals surface area contributed by atoms with Gasteiger partial charge in [-0.2, -0.15) is 0 Å². The molecular weight excluding hydrogens is 364 g/mol. The number of esters is 1. The fourth-order valence-electron chi connectivity index (χ4n) is 3.06. The van der Waals surface area contributed by atoms with Gasteiger partial charge in [-0.3, -0.25) is 4.79 Å². The summed E-state index contributed by atoms with van der Waals surface area (Å²) < 4.78 is 10.9. The van der Waals surface area contributed by atoms with Gasteiger partial charge in [-0.05, 0) is 43.9 Å². The minimum atomic E-state index is -0.525. The molecule has 1 aromatic heterocycles. The lowest BCUT2D eigenvalue weighted by molar-refractivity contribution is -0.136. The number of piperidine rings is 1. The van der Waals surface area contributed by atoms with Gasteiger partial charge in [-0.15, -0.1) is 11.3 Å². The Hall–Kier alpha value is -2.41. The smallest absolute Gasteiger partial charge is 0.338 e. The number of benzene rings is 1. The second-order valence-electron chi connectivity index (χ2n) is 6.84. The zero-order valence-electron chi connectivity index (χ0n) is 15.6. The molecule has 0 saturated carbocycles. The lowest BCUT2D eigenvalue weighted by Gasteiger charge is -2.30. The van der Waals surface area contributed by atoms with Gasteiger partial charge in [-0.25, -0.2) is 9.78 Å². The number of carbonyl (C=O) groups is 2. The number of ether oxygens (including phenoxy) is 2. The lowest BCUT2D eigenvalue weighted by Crippen LogP contribution is -2.41. The highest BCUT2D eigenvalue weighted by Gasteiger charge is 2.22. The van der Waals surface area contributed by atoms with Crippen LogP contribution in [0.3, 0.4) is 0 Å². The Balaban J connectivity index is 1.51. The topological polar surface area (TPSA) is 68.7 Å². The maximum Gasteiger partial charge on any atom is 0.338 e. The van der Waals surface area contributed by atoms with Crippen molar-refractivity contribution in [2.75, 3.05) is 19.7 Å². The average molecular weight is 388 g/mol. The molecule has 0 bridgehead atoms. The summed E-state index contributed by atoms with van der Waals surface area (Å²) in [4.78, 5) is 30.6. The van der Waals surface area contributed by atoms with E-state index in [1.165, 1.54) is 0 Å². The number of carbonyl (C=O) groups excluding carboxylic acids is 2. The number of amides is 1. The maximum atomic E-state index is 12.3. The van der Waals surface area contributed by atoms with E-state index < -0.39 is 5.97 Å². The van der Waals surface area contributed by atoms with Gasteiger partial charge in [0.1, 0.15) is 12.4 Å². The van der Waals surface area contributed by atoms with E-state index in [-0.39, 0.29) is 12.5 Å². The Bertz CT molecular complexity index is 805. The standard InChI is InChI=1S/C20H24N2O4S/c1-14-5-4-8-22(10-14)19(23)12-26-20(24)16-6-3-7-18(9-16)25-11-17-13-27-15(2)21-17/h3,6-7,9,13-14H,4-5,8,10-12H2,1-2H3. The summed E-state index contributed by atoms with van der Waals surface area (Å²) in [6, 6.07) is 6.77. The SMILES string of the molecule is Cc1nc(COc2cccc(C(=O)OCC(=O)N3CCCC(C)C3)c2)cs1. The first kappa shape index (κ1) is 19.4. The summed E-state index contributed by atoms with van der Waals surface area (Å²) >= 11 is 1.57. The van der Waals surface area contributed by atoms with E-state index in [1.807, 2.05) is 12.3 Å². The van der Waals surface area contributed by atoms with Gasteiger partial charge >= 0.3 is 5.97 Å². The highest BCUT2D eigenvalue weighted by Crippen LogP contribution is 2.18. The Kier molecular flexibility index (Phi) is 6.45. The number of thiazole rings is 1. The first-order chi connectivity index (χ1) is 13.0. The van der Waals surface area contributed by atoms with Crippen LogP contribution in [0.25, 0.3) is 0 Å². The molecule has 2 aromatic rings. The van der Waals surface area contributed by atoms with Crippen molar-refractivity contribution in [3.63, 3.8) is 0 Å². The number of rotatable bonds is 6. The summed E-state index contributed by atoms with van der Waals surface area (Å²) in [7, 11) is 0. The molecule has 144 valence electrons. The molecule has 1 amide bonds. The van der Waals surface area contributed by atoms with Crippen LogP contribution in [0.5, 0.6) is 5.75 Å². The lowest BCUT2D eigenvalue weighted by atomic mass is 10.0. The maximum absolute atomic E-state index is 12.3. The summed E-state index contributed by atoms with van der Waals surface area (Å²) in [5.41, 5.74) is 1.22. The molecule has 3 rings (SSSR count). The third-order valence-corrected chi connectivity index (χ3v) is 5.28. The number of nitrogens with zero attached hydrogens (tertiary/aromatic N) is 2. The van der Waals surface area contributed by atoms with Crippen molar-refractivity contribution in [1.82, 2.24) is 9.88 Å². The largest absolute Gasteiger partial charge is 0.487 e. The third kappa shape index (κ3) is 5.53. The Morgan fingerprint density at radius 1 is 1.37 bits per heavy atom. The molecule has 7 heteroatoms. The summed E-state index contributed by atoms with van der Waals surface area (Å²) in [5.74, 6) is 0.393. The normalized spacial score (nSPS) is 16.8. The molecule has 1 saturated heterocycles. The fraction of sp³-hybridized carbons (Fsp3) is 0.450. The van der Waals surface area contributed by atoms with Gasteiger partial charge in [0.05, 0.1) is 16.3 Å². The van der Waals surface area contributed by atoms with Crippen LogP contribution in [0, 0.1) is 12.8 Å². The number of aromatic nitrogens is 1. The first-order valence-electron chi connectivity index (χ1n) is 9.10. The summed E-state index contributed by atoms with van der Waals surface area (Å²) in [6.07, 6.45) is 2.13. The Labute approximate surface area is 163 Å². The van der Waals surface area contributed by atoms with E-state index in [4.69, 9.17) is 9.47 Å². The first-order valence-corrected chi connectivity index (χ1v) is 9.98. The van der Waals surface area contributed by atoms with E-state index in [2.05, 4.69) is 11.9 Å². The van der Waals surface area contributed by atoms with Crippen molar-refractivity contribution in [1.29, 1.82) is 0 Å². The molecule has 0 radical (unpaired) electrons. The van der Waals surface area contributed by atoms with Crippen molar-refractivity contribution in [2.24, 2.45) is 5.92 Å². The number of aryl methyl sites for hydroxylation is 1. The predicted molar refractivity (Wildman–Crippen MR) is 103 cm³/mol. The van der Waals surface area contributed by atoms with E-state index in [0.717, 1.165) is 36.6 Å². The molecule has 27 heavy (non-hydrogen) atoms. The van der Waals surface area contributed by atoms with Gasteiger partial charge in [0.15, 0.2) is 6.61 Å². The molecule has 0 N–H and O–H groups in total. The zero-order chi connectivity index (χ0) is 19.2. The number of hydrogen-bond acceptors (Lipinski definition) is 6. The van der Waals surface area contributed by atoms with Gasteiger partial charge < -0.3 is 14.4 Å². The minimum Gasteiger partial charge on any atom is -0.487 e. The second kappa shape index (κ2) is 8.99. The zero-order valence-corrected chi connectivity index (χ0v) is 16.5. The molecule has 6 nitrogen and oxygen atoms in total. The molecule has 1 atom stereocenters. The molecule has 1 aliphatic heterocycles. The summed E-state index contributed by atoms with van der Waals surface area (Å²) in [5, 5.41) is 2.93. The second-order valence-corrected chi connectivity index (χ2v) is 7.90. The van der Waals surface area contributed by atoms with Crippen molar-refractivity contribution in [2.45, 2.75) is 33.3 Å². The van der Waals surface area contributed by atoms with Crippen LogP contribution in [0.2, 0.25) is 0 Å². The van der Waals surface area contributed by atoms with E-state index in [1.54, 1.807) is 40.5 Å². The monoisotopic (exact) mass is 388 g/mol. The van der Waals surface area contributed by atoms with E-state index >= 15 is 0 Å².